The van der Waals surface area contributed by atoms with Gasteiger partial charge in [-0.1, -0.05) is 0 Å². The lowest BCUT2D eigenvalue weighted by Gasteiger charge is -2.04. The van der Waals surface area contributed by atoms with E-state index in [4.69, 9.17) is 9.84 Å². The second-order valence-corrected chi connectivity index (χ2v) is 2.80. The van der Waals surface area contributed by atoms with Crippen molar-refractivity contribution in [3.63, 3.8) is 0 Å². The first kappa shape index (κ1) is 11.5. The lowest BCUT2D eigenvalue weighted by molar-refractivity contribution is 0.0944. The van der Waals surface area contributed by atoms with Gasteiger partial charge in [0.15, 0.2) is 0 Å². The average molecular weight is 210 g/mol. The molecule has 0 aliphatic heterocycles. The summed E-state index contributed by atoms with van der Waals surface area (Å²) >= 11 is 0. The van der Waals surface area contributed by atoms with Gasteiger partial charge < -0.3 is 15.2 Å². The van der Waals surface area contributed by atoms with Crippen LogP contribution in [-0.4, -0.2) is 35.8 Å². The van der Waals surface area contributed by atoms with E-state index in [-0.39, 0.29) is 19.1 Å². The van der Waals surface area contributed by atoms with Crippen molar-refractivity contribution in [1.82, 2.24) is 10.3 Å². The zero-order valence-corrected chi connectivity index (χ0v) is 8.56. The van der Waals surface area contributed by atoms with Crippen LogP contribution in [0.2, 0.25) is 0 Å². The average Bonchev–Trinajstić information content (AvgIpc) is 2.27. The van der Waals surface area contributed by atoms with Gasteiger partial charge in [0.05, 0.1) is 18.8 Å². The molecule has 0 bridgehead atoms. The van der Waals surface area contributed by atoms with Gasteiger partial charge in [0.2, 0.25) is 5.88 Å². The minimum absolute atomic E-state index is 0.0732. The van der Waals surface area contributed by atoms with Crippen LogP contribution in [0.15, 0.2) is 18.3 Å². The Hall–Kier alpha value is -1.62. The molecule has 0 spiro atoms. The van der Waals surface area contributed by atoms with Gasteiger partial charge in [-0.2, -0.15) is 0 Å². The van der Waals surface area contributed by atoms with E-state index in [0.717, 1.165) is 0 Å². The Labute approximate surface area is 88.1 Å². The van der Waals surface area contributed by atoms with Crippen LogP contribution in [0.4, 0.5) is 0 Å². The summed E-state index contributed by atoms with van der Waals surface area (Å²) < 4.78 is 5.14. The Morgan fingerprint density at radius 2 is 2.40 bits per heavy atom. The fourth-order valence-corrected chi connectivity index (χ4v) is 1.02. The molecule has 0 radical (unpaired) electrons. The number of rotatable bonds is 5. The normalized spacial score (nSPS) is 9.73. The van der Waals surface area contributed by atoms with Gasteiger partial charge >= 0.3 is 0 Å². The van der Waals surface area contributed by atoms with Crippen molar-refractivity contribution in [2.24, 2.45) is 0 Å². The molecule has 15 heavy (non-hydrogen) atoms. The summed E-state index contributed by atoms with van der Waals surface area (Å²) in [5, 5.41) is 11.1. The largest absolute Gasteiger partial charge is 0.478 e. The van der Waals surface area contributed by atoms with E-state index in [1.54, 1.807) is 12.1 Å². The van der Waals surface area contributed by atoms with Crippen LogP contribution >= 0.6 is 0 Å². The Kier molecular flexibility index (Phi) is 4.56. The predicted octanol–water partition coefficient (Wildman–Crippen LogP) is 0.202. The summed E-state index contributed by atoms with van der Waals surface area (Å²) in [4.78, 5) is 15.3. The number of hydrogen-bond donors (Lipinski definition) is 2. The smallest absolute Gasteiger partial charge is 0.252 e. The molecule has 0 fully saturated rings. The van der Waals surface area contributed by atoms with Gasteiger partial charge in [0, 0.05) is 18.8 Å². The summed E-state index contributed by atoms with van der Waals surface area (Å²) in [6, 6.07) is 3.27. The molecule has 1 amide bonds. The number of aliphatic hydroxyl groups is 1. The van der Waals surface area contributed by atoms with Gasteiger partial charge in [-0.15, -0.1) is 0 Å². The third kappa shape index (κ3) is 3.55. The third-order valence-electron chi connectivity index (χ3n) is 1.69. The molecule has 2 N–H and O–H groups in total. The fraction of sp³-hybridized carbons (Fsp3) is 0.400. The van der Waals surface area contributed by atoms with Gasteiger partial charge in [0.1, 0.15) is 0 Å². The van der Waals surface area contributed by atoms with Crippen LogP contribution in [0, 0.1) is 0 Å². The molecule has 82 valence electrons. The van der Waals surface area contributed by atoms with Crippen LogP contribution in [0.1, 0.15) is 17.3 Å². The van der Waals surface area contributed by atoms with Crippen molar-refractivity contribution >= 4 is 5.91 Å². The summed E-state index contributed by atoms with van der Waals surface area (Å²) in [6.45, 7) is 2.58. The SMILES string of the molecule is CCOc1ccc(C(=O)NCCO)cn1. The Morgan fingerprint density at radius 1 is 1.60 bits per heavy atom. The monoisotopic (exact) mass is 210 g/mol. The highest BCUT2D eigenvalue weighted by Crippen LogP contribution is 2.06. The molecular formula is C10H14N2O3. The quantitative estimate of drug-likeness (QED) is 0.728. The van der Waals surface area contributed by atoms with Crippen LogP contribution in [-0.2, 0) is 0 Å². The molecule has 0 saturated carbocycles. The minimum atomic E-state index is -0.250. The highest BCUT2D eigenvalue weighted by Gasteiger charge is 2.04. The molecule has 0 aromatic carbocycles. The molecule has 5 heteroatoms. The first-order valence-corrected chi connectivity index (χ1v) is 4.75. The van der Waals surface area contributed by atoms with Crippen LogP contribution in [0.25, 0.3) is 0 Å². The van der Waals surface area contributed by atoms with E-state index in [2.05, 4.69) is 10.3 Å². The number of nitrogens with one attached hydrogen (secondary N) is 1. The summed E-state index contributed by atoms with van der Waals surface area (Å²) in [5.74, 6) is 0.246. The number of ether oxygens (including phenoxy) is 1. The summed E-state index contributed by atoms with van der Waals surface area (Å²) in [5.41, 5.74) is 0.451. The lowest BCUT2D eigenvalue weighted by Crippen LogP contribution is -2.26. The maximum absolute atomic E-state index is 11.4. The third-order valence-corrected chi connectivity index (χ3v) is 1.69. The van der Waals surface area contributed by atoms with Crippen LogP contribution in [0.5, 0.6) is 5.88 Å². The van der Waals surface area contributed by atoms with Crippen molar-refractivity contribution in [2.45, 2.75) is 6.92 Å². The number of amides is 1. The first-order valence-electron chi connectivity index (χ1n) is 4.75. The van der Waals surface area contributed by atoms with Gasteiger partial charge in [-0.25, -0.2) is 4.98 Å². The van der Waals surface area contributed by atoms with Crippen molar-refractivity contribution in [2.75, 3.05) is 19.8 Å². The molecule has 0 atom stereocenters. The van der Waals surface area contributed by atoms with E-state index >= 15 is 0 Å². The van der Waals surface area contributed by atoms with Gasteiger partial charge in [0.25, 0.3) is 5.91 Å². The Balaban J connectivity index is 2.58. The standard InChI is InChI=1S/C10H14N2O3/c1-2-15-9-4-3-8(7-12-9)10(14)11-5-6-13/h3-4,7,13H,2,5-6H2,1H3,(H,11,14). The molecule has 0 aliphatic carbocycles. The molecule has 5 nitrogen and oxygen atoms in total. The second-order valence-electron chi connectivity index (χ2n) is 2.80. The number of carbonyl (C=O) groups is 1. The number of carbonyl (C=O) groups excluding carboxylic acids is 1. The number of nitrogens with zero attached hydrogens (tertiary/aromatic N) is 1. The lowest BCUT2D eigenvalue weighted by atomic mass is 10.2. The van der Waals surface area contributed by atoms with Gasteiger partial charge in [-0.05, 0) is 13.0 Å². The fourth-order valence-electron chi connectivity index (χ4n) is 1.02. The van der Waals surface area contributed by atoms with E-state index in [1.165, 1.54) is 6.20 Å². The zero-order valence-electron chi connectivity index (χ0n) is 8.56. The molecule has 1 aromatic rings. The van der Waals surface area contributed by atoms with E-state index < -0.39 is 0 Å². The second kappa shape index (κ2) is 5.98. The maximum atomic E-state index is 11.4. The first-order chi connectivity index (χ1) is 7.27. The topological polar surface area (TPSA) is 71.5 Å². The predicted molar refractivity (Wildman–Crippen MR) is 54.8 cm³/mol. The zero-order chi connectivity index (χ0) is 11.1. The van der Waals surface area contributed by atoms with Crippen molar-refractivity contribution in [3.8, 4) is 5.88 Å². The molecule has 1 rings (SSSR count). The molecular weight excluding hydrogens is 196 g/mol. The number of aromatic nitrogens is 1. The number of aliphatic hydroxyl groups excluding tert-OH is 1. The van der Waals surface area contributed by atoms with E-state index in [1.807, 2.05) is 6.92 Å². The van der Waals surface area contributed by atoms with E-state index in [0.29, 0.717) is 18.1 Å². The maximum Gasteiger partial charge on any atom is 0.252 e. The number of pyridine rings is 1. The van der Waals surface area contributed by atoms with E-state index in [9.17, 15) is 4.79 Å². The van der Waals surface area contributed by atoms with Gasteiger partial charge in [-0.3, -0.25) is 4.79 Å². The Bertz CT molecular complexity index is 311. The highest BCUT2D eigenvalue weighted by molar-refractivity contribution is 5.93. The summed E-state index contributed by atoms with van der Waals surface area (Å²) in [7, 11) is 0. The molecule has 0 aliphatic rings. The summed E-state index contributed by atoms with van der Waals surface area (Å²) in [6.07, 6.45) is 1.44. The number of hydrogen-bond acceptors (Lipinski definition) is 4. The molecule has 0 saturated heterocycles. The van der Waals surface area contributed by atoms with Crippen molar-refractivity contribution in [1.29, 1.82) is 0 Å². The van der Waals surface area contributed by atoms with Crippen LogP contribution in [0.3, 0.4) is 0 Å². The minimum Gasteiger partial charge on any atom is -0.478 e. The molecule has 1 aromatic heterocycles. The van der Waals surface area contributed by atoms with Crippen molar-refractivity contribution < 1.29 is 14.6 Å². The Morgan fingerprint density at radius 3 is 2.93 bits per heavy atom. The van der Waals surface area contributed by atoms with Crippen LogP contribution < -0.4 is 10.1 Å². The highest BCUT2D eigenvalue weighted by atomic mass is 16.5. The molecule has 0 unspecified atom stereocenters. The van der Waals surface area contributed by atoms with Crippen molar-refractivity contribution in [3.05, 3.63) is 23.9 Å². The molecule has 1 heterocycles.